The molecule has 0 aliphatic carbocycles. The van der Waals surface area contributed by atoms with Crippen LogP contribution in [-0.4, -0.2) is 27.4 Å². The molecule has 104 valence electrons. The van der Waals surface area contributed by atoms with E-state index in [9.17, 15) is 18.0 Å². The molecule has 0 unspecified atom stereocenters. The Kier molecular flexibility index (Phi) is 5.18. The molecule has 1 aromatic heterocycles. The summed E-state index contributed by atoms with van der Waals surface area (Å²) in [5, 5.41) is 5.85. The molecule has 0 aliphatic rings. The number of halogens is 4. The molecule has 0 radical (unpaired) electrons. The summed E-state index contributed by atoms with van der Waals surface area (Å²) in [6, 6.07) is 0. The molecule has 0 bridgehead atoms. The van der Waals surface area contributed by atoms with Gasteiger partial charge in [0.1, 0.15) is 6.54 Å². The zero-order chi connectivity index (χ0) is 13.3. The van der Waals surface area contributed by atoms with Gasteiger partial charge in [-0.2, -0.15) is 18.3 Å². The van der Waals surface area contributed by atoms with Crippen LogP contribution in [0, 0.1) is 0 Å². The van der Waals surface area contributed by atoms with Crippen molar-refractivity contribution in [2.75, 3.05) is 5.32 Å². The molecule has 18 heavy (non-hydrogen) atoms. The summed E-state index contributed by atoms with van der Waals surface area (Å²) < 4.78 is 36.8. The largest absolute Gasteiger partial charge is 0.408 e. The molecule has 1 rings (SSSR count). The van der Waals surface area contributed by atoms with Crippen molar-refractivity contribution >= 4 is 24.0 Å². The second-order valence-corrected chi connectivity index (χ2v) is 4.22. The zero-order valence-corrected chi connectivity index (χ0v) is 10.6. The lowest BCUT2D eigenvalue weighted by atomic mass is 10.1. The SMILES string of the molecule is CC(C)(N)C(=O)Nc1cnn(CC(F)(F)F)c1.Cl. The van der Waals surface area contributed by atoms with Gasteiger partial charge < -0.3 is 11.1 Å². The molecule has 1 heterocycles. The second-order valence-electron chi connectivity index (χ2n) is 4.22. The maximum Gasteiger partial charge on any atom is 0.408 e. The predicted molar refractivity (Wildman–Crippen MR) is 62.4 cm³/mol. The van der Waals surface area contributed by atoms with Crippen molar-refractivity contribution in [3.8, 4) is 0 Å². The van der Waals surface area contributed by atoms with Crippen LogP contribution in [0.2, 0.25) is 0 Å². The summed E-state index contributed by atoms with van der Waals surface area (Å²) in [5.41, 5.74) is 4.59. The highest BCUT2D eigenvalue weighted by Crippen LogP contribution is 2.18. The number of nitrogens with zero attached hydrogens (tertiary/aromatic N) is 2. The van der Waals surface area contributed by atoms with Gasteiger partial charge in [0.05, 0.1) is 17.4 Å². The average Bonchev–Trinajstić information content (AvgIpc) is 2.47. The first-order valence-corrected chi connectivity index (χ1v) is 4.77. The van der Waals surface area contributed by atoms with Crippen LogP contribution in [0.5, 0.6) is 0 Å². The summed E-state index contributed by atoms with van der Waals surface area (Å²) >= 11 is 0. The van der Waals surface area contributed by atoms with E-state index in [0.29, 0.717) is 4.68 Å². The first kappa shape index (κ1) is 16.7. The third kappa shape index (κ3) is 5.37. The first-order chi connectivity index (χ1) is 7.58. The van der Waals surface area contributed by atoms with Crippen molar-refractivity contribution in [3.63, 3.8) is 0 Å². The average molecular weight is 287 g/mol. The third-order valence-corrected chi connectivity index (χ3v) is 1.82. The van der Waals surface area contributed by atoms with Crippen LogP contribution in [0.25, 0.3) is 0 Å². The van der Waals surface area contributed by atoms with E-state index >= 15 is 0 Å². The minimum absolute atomic E-state index is 0. The monoisotopic (exact) mass is 286 g/mol. The van der Waals surface area contributed by atoms with Crippen LogP contribution >= 0.6 is 12.4 Å². The van der Waals surface area contributed by atoms with Gasteiger partial charge in [-0.25, -0.2) is 0 Å². The van der Waals surface area contributed by atoms with Crippen LogP contribution in [0.15, 0.2) is 12.4 Å². The Morgan fingerprint density at radius 1 is 1.50 bits per heavy atom. The minimum Gasteiger partial charge on any atom is -0.322 e. The highest BCUT2D eigenvalue weighted by Gasteiger charge is 2.28. The quantitative estimate of drug-likeness (QED) is 0.885. The molecule has 0 spiro atoms. The molecule has 1 amide bonds. The topological polar surface area (TPSA) is 72.9 Å². The molecular formula is C9H14ClF3N4O. The highest BCUT2D eigenvalue weighted by molar-refractivity contribution is 5.97. The molecule has 0 aliphatic heterocycles. The molecular weight excluding hydrogens is 273 g/mol. The third-order valence-electron chi connectivity index (χ3n) is 1.82. The van der Waals surface area contributed by atoms with E-state index in [1.54, 1.807) is 0 Å². The van der Waals surface area contributed by atoms with Crippen molar-refractivity contribution in [1.82, 2.24) is 9.78 Å². The number of carbonyl (C=O) groups is 1. The standard InChI is InChI=1S/C9H13F3N4O.ClH/c1-8(2,13)7(17)15-6-3-14-16(4-6)5-9(10,11)12;/h3-4H,5,13H2,1-2H3,(H,15,17);1H. The highest BCUT2D eigenvalue weighted by atomic mass is 35.5. The Labute approximate surface area is 108 Å². The fourth-order valence-corrected chi connectivity index (χ4v) is 0.990. The Morgan fingerprint density at radius 3 is 2.50 bits per heavy atom. The van der Waals surface area contributed by atoms with Crippen LogP contribution in [-0.2, 0) is 11.3 Å². The van der Waals surface area contributed by atoms with Crippen LogP contribution < -0.4 is 11.1 Å². The lowest BCUT2D eigenvalue weighted by Gasteiger charge is -2.16. The lowest BCUT2D eigenvalue weighted by Crippen LogP contribution is -2.45. The Hall–Kier alpha value is -1.28. The van der Waals surface area contributed by atoms with E-state index < -0.39 is 24.2 Å². The summed E-state index contributed by atoms with van der Waals surface area (Å²) in [4.78, 5) is 11.4. The van der Waals surface area contributed by atoms with Gasteiger partial charge in [-0.15, -0.1) is 12.4 Å². The molecule has 5 nitrogen and oxygen atoms in total. The number of alkyl halides is 3. The van der Waals surface area contributed by atoms with Crippen molar-refractivity contribution in [2.24, 2.45) is 5.73 Å². The van der Waals surface area contributed by atoms with E-state index in [1.807, 2.05) is 0 Å². The maximum atomic E-state index is 12.0. The molecule has 1 aromatic rings. The van der Waals surface area contributed by atoms with Crippen LogP contribution in [0.4, 0.5) is 18.9 Å². The van der Waals surface area contributed by atoms with Gasteiger partial charge in [-0.3, -0.25) is 9.48 Å². The number of hydrogen-bond acceptors (Lipinski definition) is 3. The number of aromatic nitrogens is 2. The van der Waals surface area contributed by atoms with Gasteiger partial charge in [0.25, 0.3) is 0 Å². The molecule has 3 N–H and O–H groups in total. The number of hydrogen-bond donors (Lipinski definition) is 2. The van der Waals surface area contributed by atoms with Gasteiger partial charge >= 0.3 is 6.18 Å². The molecule has 0 saturated carbocycles. The number of anilines is 1. The van der Waals surface area contributed by atoms with Gasteiger partial charge in [-0.05, 0) is 13.8 Å². The second kappa shape index (κ2) is 5.57. The van der Waals surface area contributed by atoms with Crippen LogP contribution in [0.3, 0.4) is 0 Å². The van der Waals surface area contributed by atoms with Gasteiger partial charge in [0, 0.05) is 6.20 Å². The fourth-order valence-electron chi connectivity index (χ4n) is 0.990. The number of amides is 1. The fraction of sp³-hybridized carbons (Fsp3) is 0.556. The smallest absolute Gasteiger partial charge is 0.322 e. The van der Waals surface area contributed by atoms with Gasteiger partial charge in [0.15, 0.2) is 0 Å². The van der Waals surface area contributed by atoms with Gasteiger partial charge in [-0.1, -0.05) is 0 Å². The molecule has 0 aromatic carbocycles. The Morgan fingerprint density at radius 2 is 2.06 bits per heavy atom. The van der Waals surface area contributed by atoms with E-state index in [4.69, 9.17) is 5.73 Å². The number of nitrogens with two attached hydrogens (primary N) is 1. The Balaban J connectivity index is 0.00000289. The van der Waals surface area contributed by atoms with Gasteiger partial charge in [0.2, 0.25) is 5.91 Å². The Bertz CT molecular complexity index is 411. The maximum absolute atomic E-state index is 12.0. The van der Waals surface area contributed by atoms with Crippen molar-refractivity contribution in [3.05, 3.63) is 12.4 Å². The summed E-state index contributed by atoms with van der Waals surface area (Å²) in [6.45, 7) is 1.78. The van der Waals surface area contributed by atoms with Crippen molar-refractivity contribution in [2.45, 2.75) is 32.1 Å². The molecule has 0 fully saturated rings. The lowest BCUT2D eigenvalue weighted by molar-refractivity contribution is -0.142. The van der Waals surface area contributed by atoms with Crippen molar-refractivity contribution in [1.29, 1.82) is 0 Å². The summed E-state index contributed by atoms with van der Waals surface area (Å²) in [6.07, 6.45) is -2.12. The first-order valence-electron chi connectivity index (χ1n) is 4.77. The van der Waals surface area contributed by atoms with E-state index in [-0.39, 0.29) is 18.1 Å². The summed E-state index contributed by atoms with van der Waals surface area (Å²) in [5.74, 6) is -0.496. The molecule has 0 atom stereocenters. The van der Waals surface area contributed by atoms with Crippen molar-refractivity contribution < 1.29 is 18.0 Å². The van der Waals surface area contributed by atoms with E-state index in [2.05, 4.69) is 10.4 Å². The number of carbonyl (C=O) groups excluding carboxylic acids is 1. The zero-order valence-electron chi connectivity index (χ0n) is 9.78. The summed E-state index contributed by atoms with van der Waals surface area (Å²) in [7, 11) is 0. The predicted octanol–water partition coefficient (Wildman–Crippen LogP) is 1.54. The number of nitrogens with one attached hydrogen (secondary N) is 1. The molecule has 0 saturated heterocycles. The van der Waals surface area contributed by atoms with E-state index in [1.165, 1.54) is 13.8 Å². The van der Waals surface area contributed by atoms with E-state index in [0.717, 1.165) is 12.4 Å². The normalized spacial score (nSPS) is 11.9. The minimum atomic E-state index is -4.35. The number of rotatable bonds is 3. The molecule has 9 heteroatoms. The van der Waals surface area contributed by atoms with Crippen LogP contribution in [0.1, 0.15) is 13.8 Å².